The highest BCUT2D eigenvalue weighted by atomic mass is 14.9. The van der Waals surface area contributed by atoms with E-state index in [1.165, 1.54) is 126 Å². The van der Waals surface area contributed by atoms with Crippen molar-refractivity contribution in [3.63, 3.8) is 0 Å². The summed E-state index contributed by atoms with van der Waals surface area (Å²) in [4.78, 5) is 0. The molecule has 2 aromatic carbocycles. The van der Waals surface area contributed by atoms with Gasteiger partial charge in [0, 0.05) is 6.04 Å². The van der Waals surface area contributed by atoms with Crippen molar-refractivity contribution in [2.75, 3.05) is 7.05 Å². The van der Waals surface area contributed by atoms with Crippen LogP contribution < -0.4 is 5.32 Å². The van der Waals surface area contributed by atoms with Crippen LogP contribution in [-0.4, -0.2) is 13.1 Å². The van der Waals surface area contributed by atoms with Gasteiger partial charge >= 0.3 is 0 Å². The van der Waals surface area contributed by atoms with E-state index in [1.807, 2.05) is 0 Å². The minimum Gasteiger partial charge on any atom is -0.315 e. The molecule has 1 heteroatoms. The second-order valence-electron chi connectivity index (χ2n) is 14.6. The van der Waals surface area contributed by atoms with E-state index in [9.17, 15) is 0 Å². The maximum absolute atomic E-state index is 3.86. The first-order chi connectivity index (χ1) is 21.2. The molecule has 3 saturated carbocycles. The van der Waals surface area contributed by atoms with E-state index >= 15 is 0 Å². The van der Waals surface area contributed by atoms with Crippen LogP contribution in [0.3, 0.4) is 0 Å². The second kappa shape index (κ2) is 14.8. The Balaban J connectivity index is 1.43. The monoisotopic (exact) mass is 577 g/mol. The van der Waals surface area contributed by atoms with Crippen LogP contribution in [0.15, 0.2) is 72.3 Å². The van der Waals surface area contributed by atoms with E-state index in [4.69, 9.17) is 0 Å². The molecular formula is C42H59N. The number of likely N-dealkylation sites (N-methyl/N-ethyl adjacent to an activating group) is 1. The summed E-state index contributed by atoms with van der Waals surface area (Å²) < 4.78 is 0. The topological polar surface area (TPSA) is 12.0 Å². The average molecular weight is 578 g/mol. The Morgan fingerprint density at radius 2 is 1.14 bits per heavy atom. The number of hydrogen-bond acceptors (Lipinski definition) is 1. The number of benzene rings is 2. The fourth-order valence-electron chi connectivity index (χ4n) is 9.81. The van der Waals surface area contributed by atoms with Gasteiger partial charge in [0.2, 0.25) is 0 Å². The molecule has 4 aliphatic carbocycles. The molecule has 2 atom stereocenters. The van der Waals surface area contributed by atoms with Gasteiger partial charge in [0.15, 0.2) is 0 Å². The van der Waals surface area contributed by atoms with Crippen LogP contribution in [0.25, 0.3) is 0 Å². The van der Waals surface area contributed by atoms with Crippen molar-refractivity contribution in [2.45, 2.75) is 146 Å². The van der Waals surface area contributed by atoms with E-state index in [0.29, 0.717) is 6.04 Å². The van der Waals surface area contributed by atoms with E-state index in [1.54, 1.807) is 11.1 Å². The average Bonchev–Trinajstić information content (AvgIpc) is 3.35. The Bertz CT molecular complexity index is 1120. The summed E-state index contributed by atoms with van der Waals surface area (Å²) in [6, 6.07) is 20.4. The van der Waals surface area contributed by atoms with E-state index in [0.717, 1.165) is 30.1 Å². The van der Waals surface area contributed by atoms with Crippen molar-refractivity contribution < 1.29 is 0 Å². The molecule has 43 heavy (non-hydrogen) atoms. The molecule has 0 aliphatic heterocycles. The number of hydrogen-bond donors (Lipinski definition) is 1. The van der Waals surface area contributed by atoms with E-state index in [2.05, 4.69) is 86.0 Å². The first-order valence-corrected chi connectivity index (χ1v) is 18.5. The van der Waals surface area contributed by atoms with Crippen molar-refractivity contribution in [1.82, 2.24) is 5.32 Å². The van der Waals surface area contributed by atoms with Crippen molar-refractivity contribution in [3.05, 3.63) is 94.6 Å². The molecule has 0 saturated heterocycles. The summed E-state index contributed by atoms with van der Waals surface area (Å²) in [5.41, 5.74) is 7.35. The molecule has 1 nitrogen and oxygen atoms in total. The summed E-state index contributed by atoms with van der Waals surface area (Å²) >= 11 is 0. The molecular weight excluding hydrogens is 518 g/mol. The van der Waals surface area contributed by atoms with Crippen molar-refractivity contribution in [2.24, 2.45) is 11.8 Å². The van der Waals surface area contributed by atoms with Gasteiger partial charge in [0.1, 0.15) is 0 Å². The van der Waals surface area contributed by atoms with Gasteiger partial charge < -0.3 is 5.32 Å². The van der Waals surface area contributed by atoms with Crippen molar-refractivity contribution >= 4 is 0 Å². The molecule has 0 aromatic heterocycles. The van der Waals surface area contributed by atoms with Crippen LogP contribution in [0, 0.1) is 11.8 Å². The minimum atomic E-state index is -0.211. The maximum atomic E-state index is 3.86. The molecule has 0 spiro atoms. The van der Waals surface area contributed by atoms with Gasteiger partial charge in [-0.25, -0.2) is 0 Å². The molecule has 1 unspecified atom stereocenters. The van der Waals surface area contributed by atoms with Gasteiger partial charge in [0.05, 0.1) is 5.41 Å². The molecule has 3 fully saturated rings. The lowest BCUT2D eigenvalue weighted by Crippen LogP contribution is -2.49. The second-order valence-corrected chi connectivity index (χ2v) is 14.6. The summed E-state index contributed by atoms with van der Waals surface area (Å²) in [5, 5.41) is 3.86. The largest absolute Gasteiger partial charge is 0.315 e. The predicted molar refractivity (Wildman–Crippen MR) is 185 cm³/mol. The van der Waals surface area contributed by atoms with E-state index in [-0.39, 0.29) is 5.41 Å². The number of rotatable bonds is 9. The van der Waals surface area contributed by atoms with Crippen LogP contribution in [0.1, 0.15) is 157 Å². The summed E-state index contributed by atoms with van der Waals surface area (Å²) in [6.07, 6.45) is 32.4. The van der Waals surface area contributed by atoms with Crippen molar-refractivity contribution in [1.29, 1.82) is 0 Å². The van der Waals surface area contributed by atoms with Gasteiger partial charge in [-0.2, -0.15) is 0 Å². The molecule has 6 rings (SSSR count). The van der Waals surface area contributed by atoms with Gasteiger partial charge in [0.25, 0.3) is 0 Å². The number of nitrogens with one attached hydrogen (secondary N) is 1. The highest BCUT2D eigenvalue weighted by Gasteiger charge is 2.44. The van der Waals surface area contributed by atoms with Gasteiger partial charge in [-0.15, -0.1) is 0 Å². The normalized spacial score (nSPS) is 24.0. The first-order valence-electron chi connectivity index (χ1n) is 18.5. The van der Waals surface area contributed by atoms with E-state index < -0.39 is 0 Å². The molecule has 0 amide bonds. The highest BCUT2D eigenvalue weighted by Crippen LogP contribution is 2.47. The molecule has 0 bridgehead atoms. The summed E-state index contributed by atoms with van der Waals surface area (Å²) in [6.45, 7) is 2.38. The Kier molecular flexibility index (Phi) is 10.6. The standard InChI is InChI=1S/C42H59N/c1-3-41(43-2)42(39-28-23-36(24-29-39)33-16-9-5-10-17-33,40-30-25-37(26-31-40)34-18-11-6-12-19-34)38-21-13-20-35(22-27-38)32-14-7-4-8-15-32/h21-35,41,43H,3-20H2,1-2H3/t35?,41-/m0/s1. The zero-order chi connectivity index (χ0) is 29.5. The molecule has 1 N–H and O–H groups in total. The lowest BCUT2D eigenvalue weighted by Gasteiger charge is -2.43. The molecule has 232 valence electrons. The van der Waals surface area contributed by atoms with Crippen LogP contribution in [-0.2, 0) is 5.41 Å². The maximum Gasteiger partial charge on any atom is 0.0600 e. The Labute approximate surface area is 264 Å². The third kappa shape index (κ3) is 6.63. The quantitative estimate of drug-likeness (QED) is 0.312. The van der Waals surface area contributed by atoms with Crippen LogP contribution >= 0.6 is 0 Å². The first kappa shape index (κ1) is 30.9. The predicted octanol–water partition coefficient (Wildman–Crippen LogP) is 11.5. The van der Waals surface area contributed by atoms with Crippen LogP contribution in [0.5, 0.6) is 0 Å². The lowest BCUT2D eigenvalue weighted by molar-refractivity contribution is 0.277. The highest BCUT2D eigenvalue weighted by molar-refractivity contribution is 5.56. The third-order valence-corrected chi connectivity index (χ3v) is 12.3. The molecule has 4 aliphatic rings. The van der Waals surface area contributed by atoms with Crippen LogP contribution in [0.2, 0.25) is 0 Å². The molecule has 0 radical (unpaired) electrons. The van der Waals surface area contributed by atoms with Gasteiger partial charge in [-0.05, 0) is 116 Å². The molecule has 2 aromatic rings. The smallest absolute Gasteiger partial charge is 0.0600 e. The minimum absolute atomic E-state index is 0.211. The number of allylic oxidation sites excluding steroid dienone is 3. The lowest BCUT2D eigenvalue weighted by atomic mass is 9.62. The Hall–Kier alpha value is -2.12. The third-order valence-electron chi connectivity index (χ3n) is 12.3. The SMILES string of the molecule is CC[C@H](NC)C(C1=CCCC(C2CCCCC2)C=C1)(c1ccc(C2CCCCC2)cc1)c1ccc(C2CCCCC2)cc1. The van der Waals surface area contributed by atoms with Gasteiger partial charge in [-0.3, -0.25) is 0 Å². The summed E-state index contributed by atoms with van der Waals surface area (Å²) in [5.74, 6) is 3.09. The zero-order valence-corrected chi connectivity index (χ0v) is 27.5. The van der Waals surface area contributed by atoms with Crippen LogP contribution in [0.4, 0.5) is 0 Å². The fourth-order valence-corrected chi connectivity index (χ4v) is 9.81. The summed E-state index contributed by atoms with van der Waals surface area (Å²) in [7, 11) is 2.20. The molecule has 0 heterocycles. The Morgan fingerprint density at radius 3 is 1.60 bits per heavy atom. The Morgan fingerprint density at radius 1 is 0.651 bits per heavy atom. The van der Waals surface area contributed by atoms with Crippen molar-refractivity contribution in [3.8, 4) is 0 Å². The zero-order valence-electron chi connectivity index (χ0n) is 27.5. The van der Waals surface area contributed by atoms with Gasteiger partial charge in [-0.1, -0.05) is 131 Å². The fraction of sp³-hybridized carbons (Fsp3) is 0.619.